The summed E-state index contributed by atoms with van der Waals surface area (Å²) < 4.78 is 0. The van der Waals surface area contributed by atoms with Crippen molar-refractivity contribution in [3.8, 4) is 0 Å². The molecule has 108 valence electrons. The first-order chi connectivity index (χ1) is 8.99. The lowest BCUT2D eigenvalue weighted by atomic mass is 10.0. The smallest absolute Gasteiger partial charge is 0.0410 e. The van der Waals surface area contributed by atoms with E-state index in [9.17, 15) is 0 Å². The van der Waals surface area contributed by atoms with Crippen molar-refractivity contribution < 1.29 is 0 Å². The molecule has 2 N–H and O–H groups in total. The highest BCUT2D eigenvalue weighted by atomic mass is 35.5. The van der Waals surface area contributed by atoms with Crippen molar-refractivity contribution in [2.75, 3.05) is 11.4 Å². The van der Waals surface area contributed by atoms with Gasteiger partial charge >= 0.3 is 0 Å². The molecule has 3 heteroatoms. The minimum atomic E-state index is 0.202. The standard InChI is InChI=1S/C16H27ClN2/c1-5-9-19(12(3)4)16-8-7-14(17)10-13(16)11-15(18)6-2/h7-8,10,12,15H,5-6,9,11,18H2,1-4H3. The summed E-state index contributed by atoms with van der Waals surface area (Å²) in [5, 5.41) is 0.794. The van der Waals surface area contributed by atoms with Crippen LogP contribution >= 0.6 is 11.6 Å². The highest BCUT2D eigenvalue weighted by molar-refractivity contribution is 6.30. The molecule has 0 amide bonds. The predicted octanol–water partition coefficient (Wildman–Crippen LogP) is 4.24. The van der Waals surface area contributed by atoms with Crippen LogP contribution in [0.5, 0.6) is 0 Å². The molecule has 1 aromatic carbocycles. The maximum Gasteiger partial charge on any atom is 0.0410 e. The van der Waals surface area contributed by atoms with Crippen LogP contribution in [-0.4, -0.2) is 18.6 Å². The molecule has 1 atom stereocenters. The van der Waals surface area contributed by atoms with Crippen LogP contribution in [0.2, 0.25) is 5.02 Å². The molecule has 0 fully saturated rings. The van der Waals surface area contributed by atoms with Gasteiger partial charge in [-0.3, -0.25) is 0 Å². The van der Waals surface area contributed by atoms with Crippen molar-refractivity contribution in [2.24, 2.45) is 5.73 Å². The maximum absolute atomic E-state index is 6.15. The Morgan fingerprint density at radius 1 is 1.26 bits per heavy atom. The van der Waals surface area contributed by atoms with Crippen molar-refractivity contribution >= 4 is 17.3 Å². The third-order valence-corrected chi connectivity index (χ3v) is 3.68. The second kappa shape index (κ2) is 7.76. The van der Waals surface area contributed by atoms with Crippen LogP contribution in [0.3, 0.4) is 0 Å². The van der Waals surface area contributed by atoms with E-state index >= 15 is 0 Å². The van der Waals surface area contributed by atoms with Crippen molar-refractivity contribution in [1.29, 1.82) is 0 Å². The summed E-state index contributed by atoms with van der Waals surface area (Å²) in [5.74, 6) is 0. The molecule has 0 aliphatic heterocycles. The van der Waals surface area contributed by atoms with Crippen molar-refractivity contribution in [3.63, 3.8) is 0 Å². The Kier molecular flexibility index (Phi) is 6.67. The molecule has 1 aromatic rings. The molecule has 0 heterocycles. The molecule has 0 spiro atoms. The summed E-state index contributed by atoms with van der Waals surface area (Å²) in [5.41, 5.74) is 8.66. The number of nitrogens with two attached hydrogens (primary N) is 1. The van der Waals surface area contributed by atoms with Gasteiger partial charge in [0, 0.05) is 29.3 Å². The molecular weight excluding hydrogens is 256 g/mol. The third-order valence-electron chi connectivity index (χ3n) is 3.45. The zero-order chi connectivity index (χ0) is 14.4. The van der Waals surface area contributed by atoms with Gasteiger partial charge in [-0.1, -0.05) is 25.4 Å². The van der Waals surface area contributed by atoms with E-state index in [4.69, 9.17) is 17.3 Å². The highest BCUT2D eigenvalue weighted by Gasteiger charge is 2.15. The first-order valence-electron chi connectivity index (χ1n) is 7.30. The van der Waals surface area contributed by atoms with Gasteiger partial charge in [0.1, 0.15) is 0 Å². The maximum atomic E-state index is 6.15. The molecule has 0 aromatic heterocycles. The van der Waals surface area contributed by atoms with E-state index < -0.39 is 0 Å². The van der Waals surface area contributed by atoms with Crippen LogP contribution in [0.1, 0.15) is 46.1 Å². The quantitative estimate of drug-likeness (QED) is 0.810. The molecule has 2 nitrogen and oxygen atoms in total. The molecule has 1 rings (SSSR count). The van der Waals surface area contributed by atoms with E-state index in [0.717, 1.165) is 30.8 Å². The third kappa shape index (κ3) is 4.70. The van der Waals surface area contributed by atoms with Gasteiger partial charge < -0.3 is 10.6 Å². The van der Waals surface area contributed by atoms with Crippen LogP contribution in [-0.2, 0) is 6.42 Å². The fraction of sp³-hybridized carbons (Fsp3) is 0.625. The molecular formula is C16H27ClN2. The number of nitrogens with zero attached hydrogens (tertiary/aromatic N) is 1. The van der Waals surface area contributed by atoms with Gasteiger partial charge in [0.05, 0.1) is 0 Å². The number of hydrogen-bond acceptors (Lipinski definition) is 2. The Balaban J connectivity index is 3.09. The van der Waals surface area contributed by atoms with Gasteiger partial charge in [-0.15, -0.1) is 0 Å². The van der Waals surface area contributed by atoms with Crippen LogP contribution in [0.4, 0.5) is 5.69 Å². The molecule has 0 radical (unpaired) electrons. The largest absolute Gasteiger partial charge is 0.369 e. The minimum Gasteiger partial charge on any atom is -0.369 e. The summed E-state index contributed by atoms with van der Waals surface area (Å²) in [6.45, 7) is 9.86. The molecule has 0 aliphatic carbocycles. The summed E-state index contributed by atoms with van der Waals surface area (Å²) in [6, 6.07) is 6.86. The number of hydrogen-bond donors (Lipinski definition) is 1. The summed E-state index contributed by atoms with van der Waals surface area (Å²) >= 11 is 6.15. The Hall–Kier alpha value is -0.730. The van der Waals surface area contributed by atoms with Crippen LogP contribution < -0.4 is 10.6 Å². The van der Waals surface area contributed by atoms with Gasteiger partial charge in [0.25, 0.3) is 0 Å². The van der Waals surface area contributed by atoms with Crippen molar-refractivity contribution in [2.45, 2.75) is 59.0 Å². The Morgan fingerprint density at radius 2 is 1.95 bits per heavy atom. The molecule has 0 aliphatic rings. The van der Waals surface area contributed by atoms with Gasteiger partial charge in [-0.05, 0) is 56.9 Å². The second-order valence-electron chi connectivity index (χ2n) is 5.43. The molecule has 0 saturated heterocycles. The number of rotatable bonds is 7. The lowest BCUT2D eigenvalue weighted by Crippen LogP contribution is -2.33. The molecule has 1 unspecified atom stereocenters. The minimum absolute atomic E-state index is 0.202. The average Bonchev–Trinajstić information content (AvgIpc) is 2.36. The van der Waals surface area contributed by atoms with Crippen LogP contribution in [0.15, 0.2) is 18.2 Å². The average molecular weight is 283 g/mol. The topological polar surface area (TPSA) is 29.3 Å². The van der Waals surface area contributed by atoms with E-state index in [1.807, 2.05) is 6.07 Å². The van der Waals surface area contributed by atoms with E-state index in [1.165, 1.54) is 11.3 Å². The molecule has 19 heavy (non-hydrogen) atoms. The highest BCUT2D eigenvalue weighted by Crippen LogP contribution is 2.27. The van der Waals surface area contributed by atoms with E-state index in [1.54, 1.807) is 0 Å². The zero-order valence-corrected chi connectivity index (χ0v) is 13.4. The first-order valence-corrected chi connectivity index (χ1v) is 7.68. The van der Waals surface area contributed by atoms with Crippen molar-refractivity contribution in [1.82, 2.24) is 0 Å². The lowest BCUT2D eigenvalue weighted by Gasteiger charge is -2.31. The summed E-state index contributed by atoms with van der Waals surface area (Å²) in [4.78, 5) is 2.44. The number of benzene rings is 1. The normalized spacial score (nSPS) is 12.8. The van der Waals surface area contributed by atoms with Gasteiger partial charge in [-0.25, -0.2) is 0 Å². The Labute approximate surface area is 122 Å². The molecule has 0 bridgehead atoms. The van der Waals surface area contributed by atoms with Gasteiger partial charge in [0.2, 0.25) is 0 Å². The molecule has 0 saturated carbocycles. The predicted molar refractivity (Wildman–Crippen MR) is 86.2 cm³/mol. The Bertz CT molecular complexity index is 390. The number of halogens is 1. The van der Waals surface area contributed by atoms with Gasteiger partial charge in [-0.2, -0.15) is 0 Å². The fourth-order valence-corrected chi connectivity index (χ4v) is 2.52. The first kappa shape index (κ1) is 16.3. The Morgan fingerprint density at radius 3 is 2.47 bits per heavy atom. The van der Waals surface area contributed by atoms with Gasteiger partial charge in [0.15, 0.2) is 0 Å². The van der Waals surface area contributed by atoms with Crippen molar-refractivity contribution in [3.05, 3.63) is 28.8 Å². The summed E-state index contributed by atoms with van der Waals surface area (Å²) in [7, 11) is 0. The van der Waals surface area contributed by atoms with Crippen LogP contribution in [0, 0.1) is 0 Å². The number of anilines is 1. The monoisotopic (exact) mass is 282 g/mol. The fourth-order valence-electron chi connectivity index (χ4n) is 2.32. The zero-order valence-electron chi connectivity index (χ0n) is 12.6. The van der Waals surface area contributed by atoms with Crippen LogP contribution in [0.25, 0.3) is 0 Å². The van der Waals surface area contributed by atoms with E-state index in [2.05, 4.69) is 44.7 Å². The van der Waals surface area contributed by atoms with E-state index in [-0.39, 0.29) is 6.04 Å². The van der Waals surface area contributed by atoms with E-state index in [0.29, 0.717) is 6.04 Å². The summed E-state index contributed by atoms with van der Waals surface area (Å²) in [6.07, 6.45) is 3.01. The SMILES string of the molecule is CCCN(c1ccc(Cl)cc1CC(N)CC)C(C)C. The lowest BCUT2D eigenvalue weighted by molar-refractivity contribution is 0.633. The second-order valence-corrected chi connectivity index (χ2v) is 5.87.